The van der Waals surface area contributed by atoms with Crippen molar-refractivity contribution in [2.24, 2.45) is 0 Å². The second-order valence-electron chi connectivity index (χ2n) is 38.4. The summed E-state index contributed by atoms with van der Waals surface area (Å²) in [4.78, 5) is 0. The third-order valence-corrected chi connectivity index (χ3v) is 68.1. The van der Waals surface area contributed by atoms with E-state index in [2.05, 4.69) is 212 Å². The molecule has 0 aromatic heterocycles. The molecule has 4 unspecified atom stereocenters. The zero-order valence-electron chi connectivity index (χ0n) is 72.4. The minimum absolute atomic E-state index is 0.510. The first-order chi connectivity index (χ1) is 47.1. The van der Waals surface area contributed by atoms with Gasteiger partial charge in [0.25, 0.3) is 0 Å². The van der Waals surface area contributed by atoms with Crippen LogP contribution in [0.3, 0.4) is 0 Å². The van der Waals surface area contributed by atoms with Gasteiger partial charge in [-0.2, -0.15) is 0 Å². The zero-order chi connectivity index (χ0) is 84.3. The summed E-state index contributed by atoms with van der Waals surface area (Å²) in [5.41, 5.74) is 2.41. The summed E-state index contributed by atoms with van der Waals surface area (Å²) in [6.45, 7) is 61.7. The fourth-order valence-corrected chi connectivity index (χ4v) is 72.2. The highest BCUT2D eigenvalue weighted by molar-refractivity contribution is 7.67. The van der Waals surface area contributed by atoms with Gasteiger partial charge in [0, 0.05) is 261 Å². The minimum Gasteiger partial charge on any atom is -0.457 e. The van der Waals surface area contributed by atoms with Crippen LogP contribution >= 0.6 is 0 Å². The second kappa shape index (κ2) is 40.1. The van der Waals surface area contributed by atoms with Crippen molar-refractivity contribution >= 4 is 410 Å². The lowest BCUT2D eigenvalue weighted by Crippen LogP contribution is -2.74. The molecule has 0 aliphatic heterocycles. The van der Waals surface area contributed by atoms with Gasteiger partial charge in [-0.25, -0.2) is 0 Å². The molecule has 0 fully saturated rings. The lowest BCUT2D eigenvalue weighted by atomic mass is 8.75. The van der Waals surface area contributed by atoms with Crippen LogP contribution < -0.4 is 20.8 Å². The number of hydrogen-bond donors (Lipinski definition) is 0. The average molecular weight is 1550 g/mol. The van der Waals surface area contributed by atoms with E-state index in [1.54, 1.807) is 0 Å². The van der Waals surface area contributed by atoms with E-state index in [-0.39, 0.29) is 0 Å². The van der Waals surface area contributed by atoms with Crippen LogP contribution in [0, 0.1) is 13.8 Å². The average Bonchev–Trinajstić information content (AvgIpc) is 0.718. The van der Waals surface area contributed by atoms with Crippen LogP contribution in [0.4, 0.5) is 0 Å². The van der Waals surface area contributed by atoms with Crippen molar-refractivity contribution in [3.63, 3.8) is 0 Å². The lowest BCUT2D eigenvalue weighted by molar-refractivity contribution is 0.544. The Labute approximate surface area is 704 Å². The van der Waals surface area contributed by atoms with E-state index in [9.17, 15) is 0 Å². The Morgan fingerprint density at radius 2 is 0.528 bits per heavy atom. The molecule has 48 radical (unpaired) electrons. The van der Waals surface area contributed by atoms with Crippen LogP contribution in [0.15, 0.2) is 0 Å². The molecule has 0 amide bonds. The van der Waals surface area contributed by atoms with Crippen molar-refractivity contribution in [1.82, 2.24) is 0 Å². The van der Waals surface area contributed by atoms with Gasteiger partial charge in [0.05, 0.1) is 28.7 Å². The first kappa shape index (κ1) is 108. The molecule has 0 bridgehead atoms. The molecule has 1 rings (SSSR count). The van der Waals surface area contributed by atoms with Crippen LogP contribution in [0.1, 0.15) is 38.8 Å². The normalized spacial score (nSPS) is 16.2. The van der Waals surface area contributed by atoms with E-state index in [4.69, 9.17) is 179 Å². The van der Waals surface area contributed by atoms with Crippen molar-refractivity contribution in [2.75, 3.05) is 0 Å². The Kier molecular flexibility index (Phi) is 40.8. The topological polar surface area (TPSA) is 55.4 Å². The molecule has 0 N–H and O–H groups in total. The number of rotatable bonds is 46. The van der Waals surface area contributed by atoms with Crippen molar-refractivity contribution in [1.29, 1.82) is 0 Å². The van der Waals surface area contributed by atoms with Crippen LogP contribution in [-0.4, -0.2) is 389 Å². The smallest absolute Gasteiger partial charge is 0.206 e. The van der Waals surface area contributed by atoms with Crippen LogP contribution in [0.2, 0.25) is 214 Å². The van der Waals surface area contributed by atoms with Crippen molar-refractivity contribution in [2.45, 2.75) is 255 Å². The summed E-state index contributed by atoms with van der Waals surface area (Å²) in [5, 5.41) is 5.54. The standard InChI is InChI=1S/C48H104B40O6Si12/c1-37-41(39(3)101(21,22)91-97(13,14)35-71-85(65)47(79(57)58,87(67)75-51)105(29,30)93-99(17,18)33-69-81(61)45(5,77(53)54)83(63)73-49)42(38(2)44(104(27,28)90-96(10,11)12)43(37)103(25,26)89-95(7,8)9)40(4)102(23,24)92-98(15,16)36-72-86(66)48(80(59)60,88(68)76-52)106(31,32)94-100(19,20)34-70-82(62)46(6,78(55)56)84(64)74-50/h33-36H2,1-32H3. The summed E-state index contributed by atoms with van der Waals surface area (Å²) in [5.74, 6) is 2.09. The Balaban J connectivity index is 4.57. The van der Waals surface area contributed by atoms with Gasteiger partial charge < -0.3 is 24.7 Å². The molecule has 6 nitrogen and oxygen atoms in total. The first-order valence-corrected chi connectivity index (χ1v) is 74.5. The molecule has 0 spiro atoms. The van der Waals surface area contributed by atoms with Crippen molar-refractivity contribution < 1.29 is 24.7 Å². The molecule has 106 heavy (non-hydrogen) atoms. The van der Waals surface area contributed by atoms with Crippen LogP contribution in [0.25, 0.3) is 10.4 Å². The molecule has 0 aliphatic rings. The molecular weight excluding hydrogens is 1440 g/mol. The third-order valence-electron chi connectivity index (χ3n) is 23.0. The van der Waals surface area contributed by atoms with Crippen LogP contribution in [-0.2, 0) is 24.7 Å². The van der Waals surface area contributed by atoms with Gasteiger partial charge in [-0.1, -0.05) is 48.0 Å². The number of benzene rings is 1. The fourth-order valence-electron chi connectivity index (χ4n) is 17.3. The largest absolute Gasteiger partial charge is 0.457 e. The summed E-state index contributed by atoms with van der Waals surface area (Å²) >= 11 is 0. The Bertz CT molecular complexity index is 2950. The monoisotopic (exact) mass is 1550 g/mol. The molecule has 4 atom stereocenters. The number of hydrogen-bond acceptors (Lipinski definition) is 6. The molecule has 0 saturated carbocycles. The summed E-state index contributed by atoms with van der Waals surface area (Å²) in [6.07, 6.45) is 0. The van der Waals surface area contributed by atoms with Crippen molar-refractivity contribution in [3.8, 4) is 0 Å². The van der Waals surface area contributed by atoms with Gasteiger partial charge in [-0.05, 0) is 230 Å². The maximum atomic E-state index is 7.87. The van der Waals surface area contributed by atoms with Gasteiger partial charge in [-0.3, -0.25) is 0 Å². The molecule has 0 heterocycles. The van der Waals surface area contributed by atoms with Crippen molar-refractivity contribution in [3.05, 3.63) is 21.6 Å². The van der Waals surface area contributed by atoms with E-state index >= 15 is 0 Å². The molecule has 0 saturated heterocycles. The molecule has 0 aliphatic carbocycles. The van der Waals surface area contributed by atoms with E-state index < -0.39 is 197 Å². The van der Waals surface area contributed by atoms with Gasteiger partial charge in [0.15, 0.2) is 66.5 Å². The zero-order valence-corrected chi connectivity index (χ0v) is 84.4. The molecular formula is C48H104B40O6Si12. The van der Waals surface area contributed by atoms with E-state index in [0.29, 0.717) is 23.8 Å². The third kappa shape index (κ3) is 26.0. The lowest BCUT2D eigenvalue weighted by Gasteiger charge is -2.58. The van der Waals surface area contributed by atoms with Gasteiger partial charge in [0.1, 0.15) is 0 Å². The van der Waals surface area contributed by atoms with E-state index in [1.165, 1.54) is 70.6 Å². The molecule has 58 heteroatoms. The maximum Gasteiger partial charge on any atom is 0.206 e. The van der Waals surface area contributed by atoms with Gasteiger partial charge in [-0.15, -0.1) is 19.7 Å². The van der Waals surface area contributed by atoms with E-state index in [0.717, 1.165) is 0 Å². The second-order valence-corrected chi connectivity index (χ2v) is 89.8. The SMILES string of the molecule is [B][B]B([B])C(C)(B([B])[B])B([B])[B]C[Si](C)(C)O[Si](C)(C)C(B([B])[B])(B([B])[B][B])B([B])[B]C[Si](C)(C)O[Si](C)(C)C(C)=c1c(C)c([Si](C)(C)O[Si](C)(C)C)c([Si](C)(C)O[Si](C)(C)C)c(C)c1=C(C)[Si](C)(C)O[Si](C)(C)C[B]B([B])C(B([B])[B])(B([B])[B][B])[Si](C)(C)O[Si](C)(C)C[B]B([B])C(C)(B([B])[B])B([B])[B][B]. The molecule has 500 valence electrons. The van der Waals surface area contributed by atoms with E-state index in [1.807, 2.05) is 28.2 Å². The highest BCUT2D eigenvalue weighted by Crippen LogP contribution is 2.47. The highest BCUT2D eigenvalue weighted by atomic mass is 28.4. The predicted molar refractivity (Wildman–Crippen MR) is 552 cm³/mol. The minimum atomic E-state index is -3.21. The maximum absolute atomic E-state index is 7.87. The van der Waals surface area contributed by atoms with Gasteiger partial charge >= 0.3 is 0 Å². The quantitative estimate of drug-likeness (QED) is 0.0759. The molecule has 1 aromatic rings. The first-order valence-electron chi connectivity index (χ1n) is 37.8. The Morgan fingerprint density at radius 1 is 0.311 bits per heavy atom. The Morgan fingerprint density at radius 3 is 0.726 bits per heavy atom. The summed E-state index contributed by atoms with van der Waals surface area (Å²) < 4.78 is 43.2. The highest BCUT2D eigenvalue weighted by Gasteiger charge is 2.60. The predicted octanol–water partition coefficient (Wildman–Crippen LogP) is -1.30. The Hall–Kier alpha value is 3.92. The van der Waals surface area contributed by atoms with Gasteiger partial charge in [0.2, 0.25) is 33.3 Å². The summed E-state index contributed by atoms with van der Waals surface area (Å²) in [6, 6.07) is 0. The van der Waals surface area contributed by atoms with Crippen LogP contribution in [0.5, 0.6) is 0 Å². The fraction of sp³-hybridized carbons (Fsp3) is 0.833. The molecule has 1 aromatic carbocycles. The summed E-state index contributed by atoms with van der Waals surface area (Å²) in [7, 11) is 115.